The molecule has 0 spiro atoms. The molecule has 1 heterocycles. The van der Waals surface area contributed by atoms with Crippen molar-refractivity contribution in [2.24, 2.45) is 11.0 Å². The van der Waals surface area contributed by atoms with Crippen molar-refractivity contribution >= 4 is 17.5 Å². The van der Waals surface area contributed by atoms with Gasteiger partial charge in [-0.1, -0.05) is 12.1 Å². The highest BCUT2D eigenvalue weighted by Gasteiger charge is 2.45. The van der Waals surface area contributed by atoms with Gasteiger partial charge < -0.3 is 9.47 Å². The Hall–Kier alpha value is -3.42. The van der Waals surface area contributed by atoms with Crippen LogP contribution in [0.2, 0.25) is 0 Å². The lowest BCUT2D eigenvalue weighted by atomic mass is 9.77. The number of hydrogen-bond donors (Lipinski definition) is 0. The molecule has 0 fully saturated rings. The minimum Gasteiger partial charge on any atom is -0.497 e. The number of nitrogens with zero attached hydrogens (tertiary/aromatic N) is 3. The van der Waals surface area contributed by atoms with Crippen molar-refractivity contribution in [2.45, 2.75) is 25.8 Å². The Morgan fingerprint density at radius 3 is 2.86 bits per heavy atom. The van der Waals surface area contributed by atoms with Gasteiger partial charge in [0.15, 0.2) is 0 Å². The zero-order chi connectivity index (χ0) is 20.5. The van der Waals surface area contributed by atoms with Gasteiger partial charge in [-0.2, -0.15) is 10.1 Å². The molecule has 0 radical (unpaired) electrons. The quantitative estimate of drug-likeness (QED) is 0.574. The summed E-state index contributed by atoms with van der Waals surface area (Å²) in [7, 11) is 1.63. The number of hydrazone groups is 1. The van der Waals surface area contributed by atoms with E-state index < -0.39 is 17.1 Å². The Kier molecular flexibility index (Phi) is 4.92. The van der Waals surface area contributed by atoms with E-state index >= 15 is 0 Å². The van der Waals surface area contributed by atoms with Gasteiger partial charge >= 0.3 is 6.09 Å². The first-order valence-electron chi connectivity index (χ1n) is 9.49. The van der Waals surface area contributed by atoms with Gasteiger partial charge in [-0.3, -0.25) is 10.1 Å². The number of carbonyl (C=O) groups is 1. The van der Waals surface area contributed by atoms with Crippen LogP contribution in [0.15, 0.2) is 47.6 Å². The second kappa shape index (κ2) is 7.54. The number of nitro groups is 1. The molecule has 0 unspecified atom stereocenters. The van der Waals surface area contributed by atoms with Gasteiger partial charge in [0.1, 0.15) is 5.75 Å². The molecule has 2 atom stereocenters. The van der Waals surface area contributed by atoms with Crippen molar-refractivity contribution in [3.63, 3.8) is 0 Å². The summed E-state index contributed by atoms with van der Waals surface area (Å²) in [6, 6.07) is 11.8. The number of ether oxygens (including phenoxy) is 2. The molecule has 2 aromatic rings. The van der Waals surface area contributed by atoms with Crippen LogP contribution in [0.25, 0.3) is 0 Å². The number of fused-ring (bicyclic) bond motifs is 3. The Morgan fingerprint density at radius 2 is 2.14 bits per heavy atom. The first kappa shape index (κ1) is 18.9. The second-order valence-corrected chi connectivity index (χ2v) is 6.99. The summed E-state index contributed by atoms with van der Waals surface area (Å²) >= 11 is 0. The van der Waals surface area contributed by atoms with Crippen molar-refractivity contribution < 1.29 is 19.2 Å². The highest BCUT2D eigenvalue weighted by Crippen LogP contribution is 2.44. The van der Waals surface area contributed by atoms with Gasteiger partial charge in [0.25, 0.3) is 5.69 Å². The maximum absolute atomic E-state index is 12.6. The molecular formula is C21H21N3O5. The minimum atomic E-state index is -0.555. The van der Waals surface area contributed by atoms with Crippen molar-refractivity contribution in [1.82, 2.24) is 5.01 Å². The molecule has 8 heteroatoms. The molecule has 0 aromatic heterocycles. The van der Waals surface area contributed by atoms with Gasteiger partial charge in [0.05, 0.1) is 30.4 Å². The van der Waals surface area contributed by atoms with Crippen LogP contribution in [-0.2, 0) is 11.2 Å². The zero-order valence-corrected chi connectivity index (χ0v) is 16.2. The molecule has 2 aliphatic rings. The van der Waals surface area contributed by atoms with Crippen LogP contribution >= 0.6 is 0 Å². The number of nitro benzene ring substituents is 1. The van der Waals surface area contributed by atoms with E-state index in [9.17, 15) is 14.9 Å². The molecule has 0 saturated carbocycles. The summed E-state index contributed by atoms with van der Waals surface area (Å²) in [6.45, 7) is 1.96. The fraction of sp³-hybridized carbons (Fsp3) is 0.333. The molecule has 0 N–H and O–H groups in total. The lowest BCUT2D eigenvalue weighted by Crippen LogP contribution is -2.32. The fourth-order valence-electron chi connectivity index (χ4n) is 4.13. The molecule has 2 aromatic carbocycles. The van der Waals surface area contributed by atoms with Crippen LogP contribution in [-0.4, -0.2) is 35.5 Å². The van der Waals surface area contributed by atoms with Crippen molar-refractivity contribution in [2.75, 3.05) is 13.7 Å². The molecule has 1 aliphatic carbocycles. The average Bonchev–Trinajstić information content (AvgIpc) is 3.13. The normalized spacial score (nSPS) is 19.8. The number of rotatable bonds is 4. The van der Waals surface area contributed by atoms with Crippen LogP contribution in [0.5, 0.6) is 5.75 Å². The molecule has 4 rings (SSSR count). The molecule has 1 aliphatic heterocycles. The lowest BCUT2D eigenvalue weighted by Gasteiger charge is -2.29. The maximum atomic E-state index is 12.6. The Morgan fingerprint density at radius 1 is 1.31 bits per heavy atom. The molecule has 150 valence electrons. The fourth-order valence-corrected chi connectivity index (χ4v) is 4.13. The van der Waals surface area contributed by atoms with Crippen LogP contribution in [0.1, 0.15) is 36.1 Å². The Bertz CT molecular complexity index is 1000. The van der Waals surface area contributed by atoms with Crippen LogP contribution in [0.4, 0.5) is 10.5 Å². The number of amides is 1. The summed E-state index contributed by atoms with van der Waals surface area (Å²) in [6.07, 6.45) is 1.02. The van der Waals surface area contributed by atoms with E-state index in [1.54, 1.807) is 26.2 Å². The summed E-state index contributed by atoms with van der Waals surface area (Å²) in [4.78, 5) is 23.5. The van der Waals surface area contributed by atoms with E-state index in [4.69, 9.17) is 9.47 Å². The number of carbonyl (C=O) groups excluding carboxylic acids is 1. The van der Waals surface area contributed by atoms with E-state index in [-0.39, 0.29) is 18.2 Å². The second-order valence-electron chi connectivity index (χ2n) is 6.99. The van der Waals surface area contributed by atoms with Crippen LogP contribution in [0, 0.1) is 16.0 Å². The minimum absolute atomic E-state index is 0.0132. The van der Waals surface area contributed by atoms with E-state index in [1.165, 1.54) is 17.1 Å². The van der Waals surface area contributed by atoms with E-state index in [2.05, 4.69) is 5.10 Å². The average molecular weight is 395 g/mol. The van der Waals surface area contributed by atoms with Gasteiger partial charge in [0.2, 0.25) is 0 Å². The smallest absolute Gasteiger partial charge is 0.430 e. The van der Waals surface area contributed by atoms with E-state index in [1.807, 2.05) is 18.2 Å². The third kappa shape index (κ3) is 3.30. The number of hydrogen-bond acceptors (Lipinski definition) is 6. The van der Waals surface area contributed by atoms with E-state index in [0.29, 0.717) is 5.56 Å². The third-order valence-corrected chi connectivity index (χ3v) is 5.40. The largest absolute Gasteiger partial charge is 0.497 e. The van der Waals surface area contributed by atoms with Crippen molar-refractivity contribution in [1.29, 1.82) is 0 Å². The van der Waals surface area contributed by atoms with Crippen LogP contribution in [0.3, 0.4) is 0 Å². The third-order valence-electron chi connectivity index (χ3n) is 5.40. The topological polar surface area (TPSA) is 94.3 Å². The molecular weight excluding hydrogens is 374 g/mol. The standard InChI is InChI=1S/C21H21N3O5/c1-3-29-21(25)23-20(14-5-4-6-15(11-14)24(26)27)18-9-7-13-12-16(28-2)8-10-17(13)19(18)22-23/h4-6,8,10-12,18,20H,3,7,9H2,1-2H3/t18-,20-/m1/s1. The predicted molar refractivity (Wildman–Crippen MR) is 106 cm³/mol. The molecule has 29 heavy (non-hydrogen) atoms. The number of methoxy groups -OCH3 is 1. The lowest BCUT2D eigenvalue weighted by molar-refractivity contribution is -0.385. The first-order valence-corrected chi connectivity index (χ1v) is 9.49. The summed E-state index contributed by atoms with van der Waals surface area (Å²) in [5, 5.41) is 17.2. The highest BCUT2D eigenvalue weighted by molar-refractivity contribution is 6.06. The van der Waals surface area contributed by atoms with Gasteiger partial charge in [-0.05, 0) is 49.1 Å². The molecule has 1 amide bonds. The maximum Gasteiger partial charge on any atom is 0.430 e. The predicted octanol–water partition coefficient (Wildman–Crippen LogP) is 4.08. The molecule has 0 saturated heterocycles. The zero-order valence-electron chi connectivity index (χ0n) is 16.2. The van der Waals surface area contributed by atoms with Crippen LogP contribution < -0.4 is 4.74 Å². The van der Waals surface area contributed by atoms with Crippen molar-refractivity contribution in [3.05, 3.63) is 69.3 Å². The Balaban J connectivity index is 1.78. The van der Waals surface area contributed by atoms with Gasteiger partial charge in [-0.15, -0.1) is 0 Å². The molecule has 8 nitrogen and oxygen atoms in total. The summed E-state index contributed by atoms with van der Waals surface area (Å²) in [5.41, 5.74) is 3.55. The molecule has 0 bridgehead atoms. The summed E-state index contributed by atoms with van der Waals surface area (Å²) in [5.74, 6) is 0.709. The van der Waals surface area contributed by atoms with E-state index in [0.717, 1.165) is 35.4 Å². The number of aryl methyl sites for hydroxylation is 1. The number of benzene rings is 2. The van der Waals surface area contributed by atoms with Crippen molar-refractivity contribution in [3.8, 4) is 5.75 Å². The van der Waals surface area contributed by atoms with Gasteiger partial charge in [-0.25, -0.2) is 4.79 Å². The van der Waals surface area contributed by atoms with Gasteiger partial charge in [0, 0.05) is 23.6 Å². The monoisotopic (exact) mass is 395 g/mol. The summed E-state index contributed by atoms with van der Waals surface area (Å²) < 4.78 is 10.5. The number of non-ortho nitro benzene ring substituents is 1. The first-order chi connectivity index (χ1) is 14.0. The highest BCUT2D eigenvalue weighted by atomic mass is 16.6. The Labute approximate surface area is 167 Å². The SMILES string of the molecule is CCOC(=O)N1N=C2c3ccc(OC)cc3CC[C@H]2[C@H]1c1cccc([N+](=O)[O-])c1.